The average Bonchev–Trinajstić information content (AvgIpc) is 3.58. The Balaban J connectivity index is 1.28. The van der Waals surface area contributed by atoms with Crippen LogP contribution >= 0.6 is 0 Å². The highest BCUT2D eigenvalue weighted by molar-refractivity contribution is 5.84. The number of amides is 2. The van der Waals surface area contributed by atoms with Crippen molar-refractivity contribution in [3.63, 3.8) is 0 Å². The minimum absolute atomic E-state index is 0.0733. The fourth-order valence-corrected chi connectivity index (χ4v) is 6.74. The topological polar surface area (TPSA) is 158 Å². The summed E-state index contributed by atoms with van der Waals surface area (Å²) in [5, 5.41) is 49.9. The summed E-state index contributed by atoms with van der Waals surface area (Å²) in [6.07, 6.45) is -10.4. The molecule has 2 amide bonds. The van der Waals surface area contributed by atoms with Crippen molar-refractivity contribution in [2.45, 2.75) is 74.8 Å². The second kappa shape index (κ2) is 15.9. The first-order valence-electron chi connectivity index (χ1n) is 16.5. The van der Waals surface area contributed by atoms with Crippen molar-refractivity contribution in [3.8, 4) is 0 Å². The van der Waals surface area contributed by atoms with Gasteiger partial charge in [0, 0.05) is 25.0 Å². The molecule has 2 aliphatic carbocycles. The number of hydrogen-bond donors (Lipinski definition) is 6. The molecule has 0 saturated carbocycles. The molecule has 0 radical (unpaired) electrons. The van der Waals surface area contributed by atoms with Crippen molar-refractivity contribution in [1.82, 2.24) is 10.6 Å². The maximum atomic E-state index is 14.0. The van der Waals surface area contributed by atoms with Gasteiger partial charge in [-0.2, -0.15) is 0 Å². The van der Waals surface area contributed by atoms with Crippen LogP contribution in [0.1, 0.15) is 45.5 Å². The third kappa shape index (κ3) is 8.33. The largest absolute Gasteiger partial charge is 0.390 e. The number of carbonyl (C=O) groups excluding carboxylic acids is 2. The van der Waals surface area contributed by atoms with E-state index in [1.807, 2.05) is 0 Å². The molecule has 0 saturated heterocycles. The quantitative estimate of drug-likeness (QED) is 0.115. The van der Waals surface area contributed by atoms with E-state index in [4.69, 9.17) is 9.47 Å². The van der Waals surface area contributed by atoms with Gasteiger partial charge < -0.3 is 40.5 Å². The number of aliphatic hydroxyl groups is 4. The van der Waals surface area contributed by atoms with Crippen LogP contribution in [0.2, 0.25) is 0 Å². The Hall–Kier alpha value is -4.70. The zero-order valence-corrected chi connectivity index (χ0v) is 27.5. The van der Waals surface area contributed by atoms with E-state index in [0.29, 0.717) is 23.3 Å². The van der Waals surface area contributed by atoms with Crippen LogP contribution in [0.25, 0.3) is 0 Å². The Labute approximate surface area is 295 Å². The molecular formula is C38H36F4N2O8. The molecule has 52 heavy (non-hydrogen) atoms. The third-order valence-electron chi connectivity index (χ3n) is 9.19. The van der Waals surface area contributed by atoms with E-state index in [1.54, 1.807) is 48.5 Å². The first-order chi connectivity index (χ1) is 24.9. The summed E-state index contributed by atoms with van der Waals surface area (Å²) in [6.45, 7) is -1.29. The van der Waals surface area contributed by atoms with Gasteiger partial charge in [-0.15, -0.1) is 0 Å². The monoisotopic (exact) mass is 724 g/mol. The highest BCUT2D eigenvalue weighted by atomic mass is 19.1. The molecule has 1 unspecified atom stereocenters. The molecule has 0 spiro atoms. The van der Waals surface area contributed by atoms with Crippen molar-refractivity contribution in [2.24, 2.45) is 0 Å². The lowest BCUT2D eigenvalue weighted by Crippen LogP contribution is -2.57. The van der Waals surface area contributed by atoms with Crippen LogP contribution in [0.3, 0.4) is 0 Å². The Bertz CT molecular complexity index is 1750. The van der Waals surface area contributed by atoms with Crippen LogP contribution in [0.5, 0.6) is 0 Å². The van der Waals surface area contributed by atoms with Gasteiger partial charge in [0.05, 0.1) is 37.5 Å². The van der Waals surface area contributed by atoms with Crippen molar-refractivity contribution in [2.75, 3.05) is 0 Å². The third-order valence-corrected chi connectivity index (χ3v) is 9.19. The van der Waals surface area contributed by atoms with Gasteiger partial charge in [0.25, 0.3) is 11.8 Å². The molecule has 0 aliphatic heterocycles. The van der Waals surface area contributed by atoms with Gasteiger partial charge in [-0.05, 0) is 57.6 Å². The summed E-state index contributed by atoms with van der Waals surface area (Å²) >= 11 is 0. The van der Waals surface area contributed by atoms with E-state index in [2.05, 4.69) is 10.6 Å². The summed E-state index contributed by atoms with van der Waals surface area (Å²) in [4.78, 5) is 27.7. The summed E-state index contributed by atoms with van der Waals surface area (Å²) in [6, 6.07) is 16.8. The fourth-order valence-electron chi connectivity index (χ4n) is 6.74. The number of hydrogen-bond acceptors (Lipinski definition) is 8. The smallest absolute Gasteiger partial charge is 0.252 e. The Morgan fingerprint density at radius 1 is 0.615 bits per heavy atom. The van der Waals surface area contributed by atoms with Crippen LogP contribution in [-0.4, -0.2) is 68.9 Å². The van der Waals surface area contributed by atoms with Gasteiger partial charge in [-0.25, -0.2) is 17.6 Å². The average molecular weight is 725 g/mol. The predicted molar refractivity (Wildman–Crippen MR) is 176 cm³/mol. The molecule has 0 fully saturated rings. The number of halogens is 4. The molecule has 0 bridgehead atoms. The second-order valence-electron chi connectivity index (χ2n) is 12.9. The van der Waals surface area contributed by atoms with Crippen molar-refractivity contribution in [1.29, 1.82) is 0 Å². The first-order valence-corrected chi connectivity index (χ1v) is 16.5. The Morgan fingerprint density at radius 3 is 1.33 bits per heavy atom. The van der Waals surface area contributed by atoms with Crippen molar-refractivity contribution in [3.05, 3.63) is 142 Å². The number of nitrogens with one attached hydrogen (secondary N) is 2. The van der Waals surface area contributed by atoms with Crippen LogP contribution < -0.4 is 10.6 Å². The Morgan fingerprint density at radius 2 is 0.962 bits per heavy atom. The number of aliphatic hydroxyl groups excluding tert-OH is 4. The van der Waals surface area contributed by atoms with Crippen LogP contribution in [0.15, 0.2) is 84.9 Å². The highest BCUT2D eigenvalue weighted by Crippen LogP contribution is 2.33. The summed E-state index contributed by atoms with van der Waals surface area (Å²) in [5.41, 5.74) is 2.53. The summed E-state index contributed by atoms with van der Waals surface area (Å²) in [5.74, 6) is -5.90. The fraction of sp³-hybridized carbons (Fsp3) is 0.316. The van der Waals surface area contributed by atoms with Gasteiger partial charge in [0.1, 0.15) is 35.5 Å². The van der Waals surface area contributed by atoms with Gasteiger partial charge in [0.2, 0.25) is 0 Å². The van der Waals surface area contributed by atoms with Crippen LogP contribution in [-0.2, 0) is 45.1 Å². The number of fused-ring (bicyclic) bond motifs is 2. The molecule has 4 aromatic rings. The first kappa shape index (κ1) is 37.1. The van der Waals surface area contributed by atoms with Gasteiger partial charge in [-0.3, -0.25) is 9.59 Å². The van der Waals surface area contributed by atoms with Gasteiger partial charge in [-0.1, -0.05) is 48.5 Å². The lowest BCUT2D eigenvalue weighted by atomic mass is 9.99. The molecule has 0 heterocycles. The van der Waals surface area contributed by atoms with E-state index < -0.39 is 97.0 Å². The lowest BCUT2D eigenvalue weighted by Gasteiger charge is -2.32. The van der Waals surface area contributed by atoms with E-state index in [0.717, 1.165) is 35.4 Å². The van der Waals surface area contributed by atoms with Crippen LogP contribution in [0.4, 0.5) is 17.6 Å². The highest BCUT2D eigenvalue weighted by Gasteiger charge is 2.44. The normalized spacial score (nSPS) is 21.5. The molecule has 10 nitrogen and oxygen atoms in total. The zero-order valence-electron chi connectivity index (χ0n) is 27.5. The van der Waals surface area contributed by atoms with Gasteiger partial charge in [0.15, 0.2) is 12.2 Å². The van der Waals surface area contributed by atoms with Crippen molar-refractivity contribution >= 4 is 11.8 Å². The molecule has 2 aliphatic rings. The number of benzene rings is 4. The SMILES string of the molecule is O=C(NC1c2ccccc2C[C@H]1O)[C@H](OCc1cc(F)cc(F)c1)[C@H](O)[C@@H](O)[C@@H](OCc1cc(F)cc(F)c1)C(=O)N[C@H]1c2ccccc2C[C@H]1O. The minimum Gasteiger partial charge on any atom is -0.390 e. The minimum atomic E-state index is -2.28. The molecule has 6 N–H and O–H groups in total. The van der Waals surface area contributed by atoms with Crippen LogP contribution in [0, 0.1) is 23.3 Å². The van der Waals surface area contributed by atoms with Gasteiger partial charge >= 0.3 is 0 Å². The van der Waals surface area contributed by atoms with E-state index in [1.165, 1.54) is 0 Å². The number of carbonyl (C=O) groups is 2. The maximum Gasteiger partial charge on any atom is 0.252 e. The molecular weight excluding hydrogens is 688 g/mol. The predicted octanol–water partition coefficient (Wildman–Crippen LogP) is 2.98. The molecule has 14 heteroatoms. The maximum absolute atomic E-state index is 14.0. The van der Waals surface area contributed by atoms with E-state index in [-0.39, 0.29) is 24.0 Å². The Kier molecular flexibility index (Phi) is 11.3. The molecule has 8 atom stereocenters. The molecule has 0 aromatic heterocycles. The molecule has 274 valence electrons. The zero-order chi connectivity index (χ0) is 37.1. The second-order valence-corrected chi connectivity index (χ2v) is 12.9. The lowest BCUT2D eigenvalue weighted by molar-refractivity contribution is -0.171. The van der Waals surface area contributed by atoms with E-state index >= 15 is 0 Å². The van der Waals surface area contributed by atoms with Crippen molar-refractivity contribution < 1.29 is 57.1 Å². The summed E-state index contributed by atoms with van der Waals surface area (Å²) < 4.78 is 67.3. The summed E-state index contributed by atoms with van der Waals surface area (Å²) in [7, 11) is 0. The number of rotatable bonds is 13. The molecule has 4 aromatic carbocycles. The molecule has 6 rings (SSSR count). The van der Waals surface area contributed by atoms with E-state index in [9.17, 15) is 47.6 Å². The standard InChI is InChI=1S/C38H36F4N2O8/c39-23-9-19(10-24(40)15-23)17-51-35(37(49)43-31-27-7-3-1-5-21(27)13-29(31)45)33(47)34(48)36(52-18-20-11-25(41)16-26(42)12-20)38(50)44-32-28-8-4-2-6-22(28)14-30(32)46/h1-12,15-16,29-36,45-48H,13-14,17-18H2,(H,43,49)(H,44,50)/t29-,30-,31+,32?,33-,34-,35-,36-/m1/s1. The number of ether oxygens (including phenoxy) is 2.